The molecule has 29 heavy (non-hydrogen) atoms. The topological polar surface area (TPSA) is 88.5 Å². The highest BCUT2D eigenvalue weighted by Gasteiger charge is 2.23. The molecule has 0 spiro atoms. The minimum absolute atomic E-state index is 0.102. The van der Waals surface area contributed by atoms with Crippen LogP contribution in [-0.4, -0.2) is 35.6 Å². The number of para-hydroxylation sites is 1. The van der Waals surface area contributed by atoms with Gasteiger partial charge in [-0.15, -0.1) is 0 Å². The summed E-state index contributed by atoms with van der Waals surface area (Å²) in [5, 5.41) is 18.7. The molecule has 148 valence electrons. The summed E-state index contributed by atoms with van der Waals surface area (Å²) in [4.78, 5) is 17.8. The molecule has 3 aromatic heterocycles. The van der Waals surface area contributed by atoms with E-state index in [-0.39, 0.29) is 17.6 Å². The lowest BCUT2D eigenvalue weighted by molar-refractivity contribution is 0.201. The van der Waals surface area contributed by atoms with E-state index >= 15 is 0 Å². The molecular weight excluding hydrogens is 392 g/mol. The first-order valence-electron chi connectivity index (χ1n) is 9.08. The van der Waals surface area contributed by atoms with E-state index in [0.717, 1.165) is 16.9 Å². The van der Waals surface area contributed by atoms with Crippen molar-refractivity contribution in [2.75, 3.05) is 4.90 Å². The summed E-state index contributed by atoms with van der Waals surface area (Å²) in [5.41, 5.74) is 3.26. The highest BCUT2D eigenvalue weighted by atomic mass is 35.5. The van der Waals surface area contributed by atoms with E-state index in [2.05, 4.69) is 15.2 Å². The summed E-state index contributed by atoms with van der Waals surface area (Å²) in [6.07, 6.45) is 4.08. The average molecular weight is 411 g/mol. The number of hydrogen-bond donors (Lipinski definition) is 1. The summed E-state index contributed by atoms with van der Waals surface area (Å²) in [7, 11) is 0. The first kappa shape index (κ1) is 18.9. The van der Waals surface area contributed by atoms with Crippen molar-refractivity contribution in [3.63, 3.8) is 0 Å². The second-order valence-corrected chi connectivity index (χ2v) is 7.26. The molecule has 0 fully saturated rings. The lowest BCUT2D eigenvalue weighted by Gasteiger charge is -2.21. The minimum atomic E-state index is -1.11. The first-order valence-corrected chi connectivity index (χ1v) is 9.46. The summed E-state index contributed by atoms with van der Waals surface area (Å²) < 4.78 is 3.31. The number of rotatable bonds is 5. The number of aromatic nitrogens is 5. The molecule has 0 unspecified atom stereocenters. The smallest absolute Gasteiger partial charge is 0.412 e. The molecule has 0 atom stereocenters. The van der Waals surface area contributed by atoms with E-state index in [0.29, 0.717) is 11.3 Å². The maximum absolute atomic E-state index is 12.2. The van der Waals surface area contributed by atoms with Gasteiger partial charge in [-0.25, -0.2) is 19.0 Å². The van der Waals surface area contributed by atoms with Gasteiger partial charge in [0.05, 0.1) is 29.8 Å². The Hall–Kier alpha value is -3.39. The third kappa shape index (κ3) is 3.54. The van der Waals surface area contributed by atoms with E-state index < -0.39 is 6.09 Å². The number of imidazole rings is 1. The van der Waals surface area contributed by atoms with Gasteiger partial charge < -0.3 is 5.11 Å². The molecule has 4 rings (SSSR count). The summed E-state index contributed by atoms with van der Waals surface area (Å²) >= 11 is 6.23. The number of nitrogens with zero attached hydrogens (tertiary/aromatic N) is 6. The van der Waals surface area contributed by atoms with Gasteiger partial charge in [-0.1, -0.05) is 43.6 Å². The molecular formula is C20H19ClN6O2. The van der Waals surface area contributed by atoms with Crippen LogP contribution in [0.5, 0.6) is 0 Å². The normalized spacial score (nSPS) is 11.3. The molecule has 3 heterocycles. The molecule has 1 amide bonds. The fourth-order valence-electron chi connectivity index (χ4n) is 3.24. The lowest BCUT2D eigenvalue weighted by Crippen LogP contribution is -2.30. The number of carbonyl (C=O) groups is 1. The van der Waals surface area contributed by atoms with Gasteiger partial charge in [-0.2, -0.15) is 10.2 Å². The monoisotopic (exact) mass is 410 g/mol. The maximum Gasteiger partial charge on any atom is 0.412 e. The van der Waals surface area contributed by atoms with E-state index in [1.54, 1.807) is 21.6 Å². The number of halogens is 1. The van der Waals surface area contributed by atoms with Gasteiger partial charge in [0.25, 0.3) is 0 Å². The largest absolute Gasteiger partial charge is 0.465 e. The molecule has 0 saturated heterocycles. The maximum atomic E-state index is 12.2. The van der Waals surface area contributed by atoms with Gasteiger partial charge in [0, 0.05) is 18.5 Å². The van der Waals surface area contributed by atoms with Crippen molar-refractivity contribution in [3.05, 3.63) is 71.4 Å². The Morgan fingerprint density at radius 3 is 2.76 bits per heavy atom. The zero-order valence-corrected chi connectivity index (χ0v) is 16.7. The summed E-state index contributed by atoms with van der Waals surface area (Å²) in [6.45, 7) is 4.13. The third-order valence-corrected chi connectivity index (χ3v) is 4.81. The fraction of sp³-hybridized carbons (Fsp3) is 0.200. The van der Waals surface area contributed by atoms with Crippen molar-refractivity contribution in [2.45, 2.75) is 26.3 Å². The Kier molecular flexibility index (Phi) is 4.94. The Morgan fingerprint density at radius 1 is 1.28 bits per heavy atom. The van der Waals surface area contributed by atoms with Crippen LogP contribution in [0, 0.1) is 0 Å². The number of hydrogen-bond acceptors (Lipinski definition) is 4. The van der Waals surface area contributed by atoms with Gasteiger partial charge in [0.15, 0.2) is 10.8 Å². The van der Waals surface area contributed by atoms with Crippen molar-refractivity contribution in [1.82, 2.24) is 24.4 Å². The molecule has 1 aromatic carbocycles. The van der Waals surface area contributed by atoms with Crippen molar-refractivity contribution >= 4 is 29.0 Å². The predicted octanol–water partition coefficient (Wildman–Crippen LogP) is 4.38. The van der Waals surface area contributed by atoms with E-state index in [9.17, 15) is 9.90 Å². The van der Waals surface area contributed by atoms with E-state index in [1.807, 2.05) is 50.4 Å². The van der Waals surface area contributed by atoms with Crippen LogP contribution in [0.4, 0.5) is 10.5 Å². The Balaban J connectivity index is 1.82. The standard InChI is InChI=1S/C20H19ClN6O2/c1-13(2)17-11-22-19-16(10-18(21)24-27(17)19)25(20(28)29)12-14-6-3-4-7-15(14)26-9-5-8-23-26/h3-11,13H,12H2,1-2H3,(H,28,29). The predicted molar refractivity (Wildman–Crippen MR) is 110 cm³/mol. The van der Waals surface area contributed by atoms with Gasteiger partial charge in [0.1, 0.15) is 0 Å². The molecule has 0 radical (unpaired) electrons. The number of amides is 1. The lowest BCUT2D eigenvalue weighted by atomic mass is 10.1. The summed E-state index contributed by atoms with van der Waals surface area (Å²) in [5.74, 6) is 0.155. The molecule has 1 N–H and O–H groups in total. The van der Waals surface area contributed by atoms with Gasteiger partial charge in [-0.3, -0.25) is 4.90 Å². The number of fused-ring (bicyclic) bond motifs is 1. The van der Waals surface area contributed by atoms with Gasteiger partial charge in [0.2, 0.25) is 0 Å². The highest BCUT2D eigenvalue weighted by Crippen LogP contribution is 2.29. The average Bonchev–Trinajstić information content (AvgIpc) is 3.35. The zero-order chi connectivity index (χ0) is 20.5. The summed E-state index contributed by atoms with van der Waals surface area (Å²) in [6, 6.07) is 10.9. The number of benzene rings is 1. The Bertz CT molecular complexity index is 1170. The van der Waals surface area contributed by atoms with Crippen LogP contribution in [0.1, 0.15) is 31.0 Å². The van der Waals surface area contributed by atoms with Crippen LogP contribution in [-0.2, 0) is 6.54 Å². The molecule has 0 saturated carbocycles. The number of anilines is 1. The van der Waals surface area contributed by atoms with Crippen LogP contribution in [0.2, 0.25) is 5.15 Å². The fourth-order valence-corrected chi connectivity index (χ4v) is 3.42. The Morgan fingerprint density at radius 2 is 2.07 bits per heavy atom. The van der Waals surface area contributed by atoms with Gasteiger partial charge >= 0.3 is 6.09 Å². The minimum Gasteiger partial charge on any atom is -0.465 e. The van der Waals surface area contributed by atoms with Crippen LogP contribution < -0.4 is 4.90 Å². The second-order valence-electron chi connectivity index (χ2n) is 6.87. The van der Waals surface area contributed by atoms with Crippen LogP contribution >= 0.6 is 11.6 Å². The molecule has 0 aliphatic rings. The molecule has 9 heteroatoms. The van der Waals surface area contributed by atoms with Crippen molar-refractivity contribution in [3.8, 4) is 5.69 Å². The van der Waals surface area contributed by atoms with Crippen molar-refractivity contribution < 1.29 is 9.90 Å². The number of carboxylic acid groups (broad SMARTS) is 1. The zero-order valence-electron chi connectivity index (χ0n) is 15.9. The van der Waals surface area contributed by atoms with E-state index in [4.69, 9.17) is 11.6 Å². The molecule has 8 nitrogen and oxygen atoms in total. The van der Waals surface area contributed by atoms with Crippen LogP contribution in [0.25, 0.3) is 11.3 Å². The van der Waals surface area contributed by atoms with Crippen LogP contribution in [0.15, 0.2) is 55.0 Å². The van der Waals surface area contributed by atoms with E-state index in [1.165, 1.54) is 11.0 Å². The quantitative estimate of drug-likeness (QED) is 0.527. The van der Waals surface area contributed by atoms with Gasteiger partial charge in [-0.05, 0) is 23.6 Å². The highest BCUT2D eigenvalue weighted by molar-refractivity contribution is 6.29. The molecule has 0 bridgehead atoms. The molecule has 0 aliphatic carbocycles. The van der Waals surface area contributed by atoms with Crippen molar-refractivity contribution in [2.24, 2.45) is 0 Å². The molecule has 0 aliphatic heterocycles. The van der Waals surface area contributed by atoms with Crippen molar-refractivity contribution in [1.29, 1.82) is 0 Å². The second kappa shape index (κ2) is 7.56. The first-order chi connectivity index (χ1) is 14.0. The SMILES string of the molecule is CC(C)c1cnc2c(N(Cc3ccccc3-n3cccn3)C(=O)O)cc(Cl)nn12. The van der Waals surface area contributed by atoms with Crippen LogP contribution in [0.3, 0.4) is 0 Å². The third-order valence-electron chi connectivity index (χ3n) is 4.63. The Labute approximate surface area is 172 Å². The molecule has 4 aromatic rings.